The summed E-state index contributed by atoms with van der Waals surface area (Å²) in [4.78, 5) is 14.9. The number of rotatable bonds is 11. The zero-order valence-electron chi connectivity index (χ0n) is 20.5. The van der Waals surface area contributed by atoms with Crippen molar-refractivity contribution >= 4 is 21.6 Å². The topological polar surface area (TPSA) is 79.0 Å². The number of anilines is 1. The lowest BCUT2D eigenvalue weighted by Crippen LogP contribution is -2.35. The fourth-order valence-electron chi connectivity index (χ4n) is 4.09. The summed E-state index contributed by atoms with van der Waals surface area (Å²) in [5.74, 6) is 0.260. The molecule has 2 aromatic carbocycles. The van der Waals surface area contributed by atoms with Crippen LogP contribution in [0.4, 0.5) is 5.69 Å². The molecule has 3 rings (SSSR count). The molecule has 1 saturated heterocycles. The molecule has 7 nitrogen and oxygen atoms in total. The molecule has 186 valence electrons. The number of carbonyl (C=O) groups is 1. The van der Waals surface area contributed by atoms with E-state index in [-0.39, 0.29) is 23.5 Å². The molecule has 34 heavy (non-hydrogen) atoms. The second kappa shape index (κ2) is 12.3. The molecule has 1 amide bonds. The van der Waals surface area contributed by atoms with Crippen molar-refractivity contribution in [3.05, 3.63) is 54.1 Å². The maximum Gasteiger partial charge on any atom is 0.243 e. The largest absolute Gasteiger partial charge is 0.489 e. The normalized spacial score (nSPS) is 15.0. The van der Waals surface area contributed by atoms with Crippen molar-refractivity contribution in [2.24, 2.45) is 0 Å². The zero-order chi connectivity index (χ0) is 24.6. The van der Waals surface area contributed by atoms with Gasteiger partial charge in [0, 0.05) is 13.1 Å². The van der Waals surface area contributed by atoms with E-state index in [0.717, 1.165) is 38.6 Å². The Bertz CT molecular complexity index is 1040. The highest BCUT2D eigenvalue weighted by atomic mass is 32.2. The number of benzene rings is 2. The van der Waals surface area contributed by atoms with Gasteiger partial charge in [0.25, 0.3) is 0 Å². The number of likely N-dealkylation sites (N-methyl/N-ethyl adjacent to an activating group) is 1. The Morgan fingerprint density at radius 1 is 1.09 bits per heavy atom. The number of sulfonamides is 1. The Hall–Kier alpha value is -2.42. The van der Waals surface area contributed by atoms with Crippen molar-refractivity contribution in [3.8, 4) is 5.75 Å². The quantitative estimate of drug-likeness (QED) is 0.515. The highest BCUT2D eigenvalue weighted by Gasteiger charge is 2.27. The summed E-state index contributed by atoms with van der Waals surface area (Å²) >= 11 is 0. The number of nitrogens with zero attached hydrogens (tertiary/aromatic N) is 2. The Morgan fingerprint density at radius 2 is 1.79 bits per heavy atom. The third kappa shape index (κ3) is 7.55. The number of aryl methyl sites for hydroxylation is 1. The molecule has 2 aromatic rings. The number of hydrogen-bond acceptors (Lipinski definition) is 5. The van der Waals surface area contributed by atoms with Crippen molar-refractivity contribution in [1.82, 2.24) is 9.21 Å². The minimum absolute atomic E-state index is 0.110. The maximum absolute atomic E-state index is 13.1. The van der Waals surface area contributed by atoms with E-state index in [9.17, 15) is 13.2 Å². The summed E-state index contributed by atoms with van der Waals surface area (Å²) in [5.41, 5.74) is 1.66. The molecule has 1 N–H and O–H groups in total. The van der Waals surface area contributed by atoms with Crippen molar-refractivity contribution in [1.29, 1.82) is 0 Å². The van der Waals surface area contributed by atoms with Crippen LogP contribution in [0.1, 0.15) is 45.1 Å². The molecule has 0 aromatic heterocycles. The van der Waals surface area contributed by atoms with Crippen LogP contribution in [0, 0.1) is 0 Å². The van der Waals surface area contributed by atoms with Crippen LogP contribution in [0.2, 0.25) is 0 Å². The van der Waals surface area contributed by atoms with Gasteiger partial charge in [0.05, 0.1) is 23.2 Å². The average Bonchev–Trinajstić information content (AvgIpc) is 2.81. The van der Waals surface area contributed by atoms with Crippen LogP contribution in [0.15, 0.2) is 53.4 Å². The van der Waals surface area contributed by atoms with Gasteiger partial charge in [-0.3, -0.25) is 9.69 Å². The van der Waals surface area contributed by atoms with E-state index in [2.05, 4.69) is 17.4 Å². The Morgan fingerprint density at radius 3 is 2.47 bits per heavy atom. The summed E-state index contributed by atoms with van der Waals surface area (Å²) in [6.45, 7) is 5.83. The van der Waals surface area contributed by atoms with Crippen LogP contribution in [0.5, 0.6) is 5.75 Å². The SMILES string of the molecule is CC(C)Oc1ccc(S(=O)(=O)N2CCCCC2)cc1NC(=O)CN(C)CCCc1ccccc1. The molecule has 1 aliphatic heterocycles. The number of amides is 1. The van der Waals surface area contributed by atoms with Gasteiger partial charge in [-0.05, 0) is 76.9 Å². The number of nitrogens with one attached hydrogen (secondary N) is 1. The molecule has 8 heteroatoms. The molecule has 1 heterocycles. The van der Waals surface area contributed by atoms with E-state index >= 15 is 0 Å². The summed E-state index contributed by atoms with van der Waals surface area (Å²) in [6.07, 6.45) is 4.57. The molecule has 0 atom stereocenters. The zero-order valence-corrected chi connectivity index (χ0v) is 21.3. The summed E-state index contributed by atoms with van der Waals surface area (Å²) in [5, 5.41) is 2.88. The standard InChI is InChI=1S/C26H37N3O4S/c1-21(2)33-25-15-14-23(34(31,32)29-17-8-5-9-18-29)19-24(25)27-26(30)20-28(3)16-10-13-22-11-6-4-7-12-22/h4,6-7,11-12,14-15,19,21H,5,8-10,13,16-18,20H2,1-3H3,(H,27,30). The third-order valence-corrected chi connectivity index (χ3v) is 7.70. The first kappa shape index (κ1) is 26.2. The van der Waals surface area contributed by atoms with Gasteiger partial charge in [-0.2, -0.15) is 4.31 Å². The highest BCUT2D eigenvalue weighted by Crippen LogP contribution is 2.31. The highest BCUT2D eigenvalue weighted by molar-refractivity contribution is 7.89. The molecule has 0 unspecified atom stereocenters. The predicted molar refractivity (Wildman–Crippen MR) is 136 cm³/mol. The smallest absolute Gasteiger partial charge is 0.243 e. The van der Waals surface area contributed by atoms with Gasteiger partial charge in [-0.1, -0.05) is 36.8 Å². The minimum atomic E-state index is -3.61. The van der Waals surface area contributed by atoms with E-state index in [0.29, 0.717) is 24.5 Å². The first-order chi connectivity index (χ1) is 16.3. The van der Waals surface area contributed by atoms with Crippen LogP contribution in [0.3, 0.4) is 0 Å². The molecule has 0 spiro atoms. The van der Waals surface area contributed by atoms with Crippen molar-refractivity contribution in [2.45, 2.75) is 57.0 Å². The van der Waals surface area contributed by atoms with Gasteiger partial charge in [-0.15, -0.1) is 0 Å². The Balaban J connectivity index is 1.65. The fourth-order valence-corrected chi connectivity index (χ4v) is 5.63. The van der Waals surface area contributed by atoms with Gasteiger partial charge in [0.2, 0.25) is 15.9 Å². The molecule has 1 fully saturated rings. The van der Waals surface area contributed by atoms with Crippen molar-refractivity contribution in [2.75, 3.05) is 38.5 Å². The summed E-state index contributed by atoms with van der Waals surface area (Å²) in [7, 11) is -1.70. The lowest BCUT2D eigenvalue weighted by Gasteiger charge is -2.26. The molecule has 1 aliphatic rings. The van der Waals surface area contributed by atoms with Crippen LogP contribution >= 0.6 is 0 Å². The number of carbonyl (C=O) groups excluding carboxylic acids is 1. The predicted octanol–water partition coefficient (Wildman–Crippen LogP) is 4.15. The number of ether oxygens (including phenoxy) is 1. The number of piperidine rings is 1. The molecule has 0 saturated carbocycles. The van der Waals surface area contributed by atoms with Crippen LogP contribution < -0.4 is 10.1 Å². The van der Waals surface area contributed by atoms with E-state index in [1.165, 1.54) is 15.9 Å². The van der Waals surface area contributed by atoms with Gasteiger partial charge >= 0.3 is 0 Å². The third-order valence-electron chi connectivity index (χ3n) is 5.80. The van der Waals surface area contributed by atoms with Gasteiger partial charge < -0.3 is 10.1 Å². The van der Waals surface area contributed by atoms with E-state index in [1.807, 2.05) is 44.0 Å². The van der Waals surface area contributed by atoms with Crippen LogP contribution in [-0.2, 0) is 21.2 Å². The Kier molecular flexibility index (Phi) is 9.50. The second-order valence-corrected chi connectivity index (χ2v) is 11.1. The van der Waals surface area contributed by atoms with Crippen LogP contribution in [-0.4, -0.2) is 62.9 Å². The number of hydrogen-bond donors (Lipinski definition) is 1. The summed E-state index contributed by atoms with van der Waals surface area (Å²) in [6, 6.07) is 15.0. The monoisotopic (exact) mass is 487 g/mol. The summed E-state index contributed by atoms with van der Waals surface area (Å²) < 4.78 is 33.6. The van der Waals surface area contributed by atoms with Crippen molar-refractivity contribution in [3.63, 3.8) is 0 Å². The van der Waals surface area contributed by atoms with E-state index in [1.54, 1.807) is 12.1 Å². The average molecular weight is 488 g/mol. The maximum atomic E-state index is 13.1. The fraction of sp³-hybridized carbons (Fsp3) is 0.500. The lowest BCUT2D eigenvalue weighted by atomic mass is 10.1. The van der Waals surface area contributed by atoms with Gasteiger partial charge in [0.1, 0.15) is 5.75 Å². The second-order valence-electron chi connectivity index (χ2n) is 9.16. The minimum Gasteiger partial charge on any atom is -0.489 e. The van der Waals surface area contributed by atoms with E-state index < -0.39 is 10.0 Å². The first-order valence-corrected chi connectivity index (χ1v) is 13.5. The van der Waals surface area contributed by atoms with Crippen LogP contribution in [0.25, 0.3) is 0 Å². The molecule has 0 bridgehead atoms. The first-order valence-electron chi connectivity index (χ1n) is 12.1. The van der Waals surface area contributed by atoms with Crippen molar-refractivity contribution < 1.29 is 17.9 Å². The van der Waals surface area contributed by atoms with Gasteiger partial charge in [0.15, 0.2) is 0 Å². The molecular formula is C26H37N3O4S. The molecule has 0 radical (unpaired) electrons. The van der Waals surface area contributed by atoms with Gasteiger partial charge in [-0.25, -0.2) is 8.42 Å². The van der Waals surface area contributed by atoms with E-state index in [4.69, 9.17) is 4.74 Å². The Labute approximate surface area is 204 Å². The lowest BCUT2D eigenvalue weighted by molar-refractivity contribution is -0.117. The molecular weight excluding hydrogens is 450 g/mol. The molecule has 0 aliphatic carbocycles.